The van der Waals surface area contributed by atoms with Gasteiger partial charge in [-0.25, -0.2) is 0 Å². The SMILES string of the molecule is CC(=O)NC1=C(c2ccccc2)CCc2c(C)cc(C)cc21. The maximum atomic E-state index is 11.7. The summed E-state index contributed by atoms with van der Waals surface area (Å²) in [5.41, 5.74) is 8.47. The van der Waals surface area contributed by atoms with Crippen molar-refractivity contribution in [3.63, 3.8) is 0 Å². The second kappa shape index (κ2) is 5.80. The Kier molecular flexibility index (Phi) is 3.84. The highest BCUT2D eigenvalue weighted by molar-refractivity contribution is 5.99. The van der Waals surface area contributed by atoms with E-state index in [1.54, 1.807) is 6.92 Å². The van der Waals surface area contributed by atoms with Gasteiger partial charge < -0.3 is 5.32 Å². The van der Waals surface area contributed by atoms with Crippen LogP contribution in [0.25, 0.3) is 11.3 Å². The van der Waals surface area contributed by atoms with Crippen molar-refractivity contribution in [2.75, 3.05) is 0 Å². The van der Waals surface area contributed by atoms with Crippen molar-refractivity contribution in [3.8, 4) is 0 Å². The van der Waals surface area contributed by atoms with Gasteiger partial charge in [-0.3, -0.25) is 4.79 Å². The first kappa shape index (κ1) is 14.6. The highest BCUT2D eigenvalue weighted by Crippen LogP contribution is 2.37. The van der Waals surface area contributed by atoms with E-state index in [0.29, 0.717) is 0 Å². The number of amides is 1. The first-order valence-corrected chi connectivity index (χ1v) is 7.73. The van der Waals surface area contributed by atoms with Crippen LogP contribution < -0.4 is 5.32 Å². The molecule has 2 aromatic rings. The summed E-state index contributed by atoms with van der Waals surface area (Å²) < 4.78 is 0. The number of benzene rings is 2. The summed E-state index contributed by atoms with van der Waals surface area (Å²) in [7, 11) is 0. The van der Waals surface area contributed by atoms with Crippen molar-refractivity contribution < 1.29 is 4.79 Å². The summed E-state index contributed by atoms with van der Waals surface area (Å²) >= 11 is 0. The van der Waals surface area contributed by atoms with Crippen molar-refractivity contribution in [1.82, 2.24) is 5.32 Å². The van der Waals surface area contributed by atoms with Gasteiger partial charge in [0.05, 0.1) is 5.70 Å². The van der Waals surface area contributed by atoms with E-state index >= 15 is 0 Å². The highest BCUT2D eigenvalue weighted by atomic mass is 16.1. The third-order valence-corrected chi connectivity index (χ3v) is 4.24. The van der Waals surface area contributed by atoms with E-state index in [-0.39, 0.29) is 5.91 Å². The smallest absolute Gasteiger partial charge is 0.221 e. The Morgan fingerprint density at radius 3 is 2.45 bits per heavy atom. The average Bonchev–Trinajstić information content (AvgIpc) is 2.48. The van der Waals surface area contributed by atoms with Crippen molar-refractivity contribution in [2.45, 2.75) is 33.6 Å². The van der Waals surface area contributed by atoms with E-state index in [1.807, 2.05) is 18.2 Å². The van der Waals surface area contributed by atoms with Crippen LogP contribution in [0.5, 0.6) is 0 Å². The molecule has 22 heavy (non-hydrogen) atoms. The van der Waals surface area contributed by atoms with Crippen LogP contribution in [-0.4, -0.2) is 5.91 Å². The fraction of sp³-hybridized carbons (Fsp3) is 0.250. The quantitative estimate of drug-likeness (QED) is 0.880. The molecule has 0 atom stereocenters. The monoisotopic (exact) mass is 291 g/mol. The molecule has 1 amide bonds. The molecule has 2 nitrogen and oxygen atoms in total. The maximum absolute atomic E-state index is 11.7. The van der Waals surface area contributed by atoms with Crippen LogP contribution in [0.4, 0.5) is 0 Å². The largest absolute Gasteiger partial charge is 0.326 e. The van der Waals surface area contributed by atoms with Gasteiger partial charge in [-0.15, -0.1) is 0 Å². The molecule has 1 aliphatic rings. The summed E-state index contributed by atoms with van der Waals surface area (Å²) in [5, 5.41) is 3.08. The molecule has 2 heteroatoms. The molecule has 2 aromatic carbocycles. The predicted molar refractivity (Wildman–Crippen MR) is 91.3 cm³/mol. The molecule has 0 heterocycles. The summed E-state index contributed by atoms with van der Waals surface area (Å²) in [6, 6.07) is 14.8. The molecule has 0 aliphatic heterocycles. The molecular weight excluding hydrogens is 270 g/mol. The third kappa shape index (κ3) is 2.69. The number of carbonyl (C=O) groups is 1. The fourth-order valence-corrected chi connectivity index (χ4v) is 3.34. The second-order valence-corrected chi connectivity index (χ2v) is 6.01. The number of hydrogen-bond acceptors (Lipinski definition) is 1. The van der Waals surface area contributed by atoms with Gasteiger partial charge in [0.25, 0.3) is 0 Å². The Morgan fingerprint density at radius 1 is 1.05 bits per heavy atom. The number of fused-ring (bicyclic) bond motifs is 1. The van der Waals surface area contributed by atoms with Crippen LogP contribution >= 0.6 is 0 Å². The van der Waals surface area contributed by atoms with Gasteiger partial charge >= 0.3 is 0 Å². The Morgan fingerprint density at radius 2 is 1.77 bits per heavy atom. The van der Waals surface area contributed by atoms with E-state index in [4.69, 9.17) is 0 Å². The lowest BCUT2D eigenvalue weighted by atomic mass is 9.83. The standard InChI is InChI=1S/C20H21NO/c1-13-11-14(2)17-9-10-18(16-7-5-4-6-8-16)20(19(17)12-13)21-15(3)22/h4-8,11-12H,9-10H2,1-3H3,(H,21,22). The molecule has 0 spiro atoms. The summed E-state index contributed by atoms with van der Waals surface area (Å²) in [6.07, 6.45) is 1.98. The number of hydrogen-bond donors (Lipinski definition) is 1. The summed E-state index contributed by atoms with van der Waals surface area (Å²) in [5.74, 6) is -0.0181. The van der Waals surface area contributed by atoms with Gasteiger partial charge in [-0.2, -0.15) is 0 Å². The number of aryl methyl sites for hydroxylation is 2. The van der Waals surface area contributed by atoms with Crippen LogP contribution in [0.15, 0.2) is 42.5 Å². The Balaban J connectivity index is 2.23. The zero-order chi connectivity index (χ0) is 15.7. The Bertz CT molecular complexity index is 757. The number of carbonyl (C=O) groups excluding carboxylic acids is 1. The van der Waals surface area contributed by atoms with Gasteiger partial charge in [0.2, 0.25) is 5.91 Å². The van der Waals surface area contributed by atoms with Crippen molar-refractivity contribution in [1.29, 1.82) is 0 Å². The molecule has 0 unspecified atom stereocenters. The zero-order valence-corrected chi connectivity index (χ0v) is 13.4. The van der Waals surface area contributed by atoms with Crippen LogP contribution in [0.2, 0.25) is 0 Å². The van der Waals surface area contributed by atoms with Crippen LogP contribution in [-0.2, 0) is 11.2 Å². The first-order valence-electron chi connectivity index (χ1n) is 7.73. The molecule has 0 saturated heterocycles. The normalized spacial score (nSPS) is 13.8. The van der Waals surface area contributed by atoms with Gasteiger partial charge in [0.15, 0.2) is 0 Å². The molecule has 1 N–H and O–H groups in total. The molecule has 0 aromatic heterocycles. The van der Waals surface area contributed by atoms with Crippen molar-refractivity contribution in [3.05, 3.63) is 70.3 Å². The lowest BCUT2D eigenvalue weighted by Crippen LogP contribution is -2.23. The lowest BCUT2D eigenvalue weighted by Gasteiger charge is -2.26. The summed E-state index contributed by atoms with van der Waals surface area (Å²) in [4.78, 5) is 11.7. The third-order valence-electron chi connectivity index (χ3n) is 4.24. The average molecular weight is 291 g/mol. The lowest BCUT2D eigenvalue weighted by molar-refractivity contribution is -0.117. The van der Waals surface area contributed by atoms with Crippen molar-refractivity contribution in [2.24, 2.45) is 0 Å². The maximum Gasteiger partial charge on any atom is 0.221 e. The molecule has 112 valence electrons. The molecule has 0 saturated carbocycles. The zero-order valence-electron chi connectivity index (χ0n) is 13.4. The number of allylic oxidation sites excluding steroid dienone is 1. The molecule has 3 rings (SSSR count). The molecule has 1 aliphatic carbocycles. The molecule has 0 bridgehead atoms. The van der Waals surface area contributed by atoms with E-state index in [9.17, 15) is 4.79 Å². The number of rotatable bonds is 2. The fourth-order valence-electron chi connectivity index (χ4n) is 3.34. The minimum Gasteiger partial charge on any atom is -0.326 e. The van der Waals surface area contributed by atoms with Gasteiger partial charge in [0.1, 0.15) is 0 Å². The highest BCUT2D eigenvalue weighted by Gasteiger charge is 2.22. The van der Waals surface area contributed by atoms with E-state index < -0.39 is 0 Å². The Hall–Kier alpha value is -2.35. The van der Waals surface area contributed by atoms with Crippen LogP contribution in [0.3, 0.4) is 0 Å². The van der Waals surface area contributed by atoms with Crippen molar-refractivity contribution >= 4 is 17.2 Å². The topological polar surface area (TPSA) is 29.1 Å². The van der Waals surface area contributed by atoms with Gasteiger partial charge in [-0.1, -0.05) is 42.0 Å². The first-order chi connectivity index (χ1) is 10.6. The van der Waals surface area contributed by atoms with E-state index in [0.717, 1.165) is 18.5 Å². The van der Waals surface area contributed by atoms with Crippen LogP contribution in [0.1, 0.15) is 41.2 Å². The van der Waals surface area contributed by atoms with E-state index in [1.165, 1.54) is 33.4 Å². The minimum atomic E-state index is -0.0181. The van der Waals surface area contributed by atoms with Gasteiger partial charge in [-0.05, 0) is 55.0 Å². The summed E-state index contributed by atoms with van der Waals surface area (Å²) in [6.45, 7) is 5.84. The number of nitrogens with one attached hydrogen (secondary N) is 1. The molecule has 0 fully saturated rings. The second-order valence-electron chi connectivity index (χ2n) is 6.01. The molecular formula is C20H21NO. The van der Waals surface area contributed by atoms with Crippen LogP contribution in [0, 0.1) is 13.8 Å². The van der Waals surface area contributed by atoms with Gasteiger partial charge in [0, 0.05) is 12.5 Å². The predicted octanol–water partition coefficient (Wildman–Crippen LogP) is 4.25. The molecule has 0 radical (unpaired) electrons. The minimum absolute atomic E-state index is 0.0181. The van der Waals surface area contributed by atoms with E-state index in [2.05, 4.69) is 43.4 Å². The Labute approximate surface area is 131 Å².